The van der Waals surface area contributed by atoms with Crippen LogP contribution in [0.25, 0.3) is 0 Å². The van der Waals surface area contributed by atoms with E-state index < -0.39 is 0 Å². The molecule has 1 amide bonds. The van der Waals surface area contributed by atoms with Gasteiger partial charge in [0.05, 0.1) is 5.75 Å². The second-order valence-electron chi connectivity index (χ2n) is 4.90. The zero-order chi connectivity index (χ0) is 15.0. The van der Waals surface area contributed by atoms with Gasteiger partial charge in [0.15, 0.2) is 0 Å². The van der Waals surface area contributed by atoms with Crippen LogP contribution >= 0.6 is 23.4 Å². The molecular formula is C15H14ClN3OS. The summed E-state index contributed by atoms with van der Waals surface area (Å²) in [5, 5.41) is 0.478. The zero-order valence-corrected chi connectivity index (χ0v) is 13.3. The Bertz CT molecular complexity index is 687. The third kappa shape index (κ3) is 2.76. The summed E-state index contributed by atoms with van der Waals surface area (Å²) in [7, 11) is 0. The van der Waals surface area contributed by atoms with Gasteiger partial charge in [0.25, 0.3) is 0 Å². The van der Waals surface area contributed by atoms with Crippen molar-refractivity contribution in [2.24, 2.45) is 0 Å². The standard InChI is InChI=1S/C15H14ClN3OS/c1-9-7-10(2)18-15(17-9)19-13(20)8-21-14(19)11-5-3-4-6-12(11)16/h3-7,14H,8H2,1-2H3. The summed E-state index contributed by atoms with van der Waals surface area (Å²) in [4.78, 5) is 22.7. The van der Waals surface area contributed by atoms with Crippen LogP contribution in [0.2, 0.25) is 5.02 Å². The van der Waals surface area contributed by atoms with E-state index >= 15 is 0 Å². The molecule has 4 nitrogen and oxygen atoms in total. The van der Waals surface area contributed by atoms with Gasteiger partial charge in [-0.3, -0.25) is 9.69 Å². The van der Waals surface area contributed by atoms with Gasteiger partial charge in [-0.1, -0.05) is 29.8 Å². The van der Waals surface area contributed by atoms with Crippen molar-refractivity contribution in [3.63, 3.8) is 0 Å². The molecule has 1 aromatic carbocycles. The number of thioether (sulfide) groups is 1. The van der Waals surface area contributed by atoms with E-state index in [0.717, 1.165) is 17.0 Å². The molecule has 2 heterocycles. The summed E-state index contributed by atoms with van der Waals surface area (Å²) in [6, 6.07) is 9.47. The summed E-state index contributed by atoms with van der Waals surface area (Å²) in [5.74, 6) is 0.869. The summed E-state index contributed by atoms with van der Waals surface area (Å²) >= 11 is 7.82. The van der Waals surface area contributed by atoms with E-state index in [9.17, 15) is 4.79 Å². The van der Waals surface area contributed by atoms with Crippen LogP contribution in [0, 0.1) is 13.8 Å². The summed E-state index contributed by atoms with van der Waals surface area (Å²) in [5.41, 5.74) is 2.61. The quantitative estimate of drug-likeness (QED) is 0.849. The molecule has 0 radical (unpaired) electrons. The Balaban J connectivity index is 2.06. The Morgan fingerprint density at radius 3 is 2.57 bits per heavy atom. The van der Waals surface area contributed by atoms with Crippen LogP contribution in [-0.2, 0) is 4.79 Å². The molecule has 1 atom stereocenters. The largest absolute Gasteiger partial charge is 0.273 e. The Kier molecular flexibility index (Phi) is 3.87. The zero-order valence-electron chi connectivity index (χ0n) is 11.7. The maximum Gasteiger partial charge on any atom is 0.240 e. The molecule has 0 spiro atoms. The smallest absolute Gasteiger partial charge is 0.240 e. The molecule has 21 heavy (non-hydrogen) atoms. The SMILES string of the molecule is Cc1cc(C)nc(N2C(=O)CSC2c2ccccc2Cl)n1. The number of rotatable bonds is 2. The monoisotopic (exact) mass is 319 g/mol. The first-order chi connectivity index (χ1) is 10.1. The van der Waals surface area contributed by atoms with Crippen molar-refractivity contribution in [1.29, 1.82) is 0 Å². The number of benzene rings is 1. The van der Waals surface area contributed by atoms with Crippen LogP contribution in [0.15, 0.2) is 30.3 Å². The lowest BCUT2D eigenvalue weighted by molar-refractivity contribution is -0.115. The molecule has 108 valence electrons. The van der Waals surface area contributed by atoms with E-state index in [0.29, 0.717) is 16.7 Å². The molecule has 3 rings (SSSR count). The number of hydrogen-bond acceptors (Lipinski definition) is 4. The molecule has 1 fully saturated rings. The van der Waals surface area contributed by atoms with Crippen molar-refractivity contribution in [2.45, 2.75) is 19.2 Å². The maximum absolute atomic E-state index is 12.3. The fraction of sp³-hybridized carbons (Fsp3) is 0.267. The molecule has 1 unspecified atom stereocenters. The number of halogens is 1. The molecule has 1 aliphatic rings. The van der Waals surface area contributed by atoms with Crippen LogP contribution < -0.4 is 4.90 Å². The number of carbonyl (C=O) groups excluding carboxylic acids is 1. The van der Waals surface area contributed by atoms with Crippen molar-refractivity contribution in [3.05, 3.63) is 52.3 Å². The molecule has 0 N–H and O–H groups in total. The van der Waals surface area contributed by atoms with Gasteiger partial charge in [0.2, 0.25) is 11.9 Å². The normalized spacial score (nSPS) is 18.3. The van der Waals surface area contributed by atoms with E-state index in [1.165, 1.54) is 0 Å². The van der Waals surface area contributed by atoms with E-state index in [1.807, 2.05) is 44.2 Å². The molecule has 1 saturated heterocycles. The van der Waals surface area contributed by atoms with Crippen LogP contribution in [0.3, 0.4) is 0 Å². The molecule has 0 bridgehead atoms. The molecule has 0 saturated carbocycles. The second-order valence-corrected chi connectivity index (χ2v) is 6.38. The first kappa shape index (κ1) is 14.4. The Morgan fingerprint density at radius 1 is 1.24 bits per heavy atom. The van der Waals surface area contributed by atoms with E-state index in [1.54, 1.807) is 16.7 Å². The minimum atomic E-state index is -0.174. The predicted octanol–water partition coefficient (Wildman–Crippen LogP) is 3.53. The third-order valence-electron chi connectivity index (χ3n) is 3.23. The number of aryl methyl sites for hydroxylation is 2. The minimum Gasteiger partial charge on any atom is -0.273 e. The lowest BCUT2D eigenvalue weighted by atomic mass is 10.2. The average Bonchev–Trinajstić information content (AvgIpc) is 2.80. The lowest BCUT2D eigenvalue weighted by Crippen LogP contribution is -2.30. The highest BCUT2D eigenvalue weighted by atomic mass is 35.5. The van der Waals surface area contributed by atoms with E-state index in [4.69, 9.17) is 11.6 Å². The topological polar surface area (TPSA) is 46.1 Å². The number of aromatic nitrogens is 2. The third-order valence-corrected chi connectivity index (χ3v) is 4.76. The van der Waals surface area contributed by atoms with Gasteiger partial charge in [0, 0.05) is 22.0 Å². The Labute approximate surface area is 132 Å². The highest BCUT2D eigenvalue weighted by molar-refractivity contribution is 8.00. The van der Waals surface area contributed by atoms with Gasteiger partial charge < -0.3 is 0 Å². The predicted molar refractivity (Wildman–Crippen MR) is 85.6 cm³/mol. The first-order valence-electron chi connectivity index (χ1n) is 6.56. The van der Waals surface area contributed by atoms with Crippen molar-refractivity contribution in [3.8, 4) is 0 Å². The molecule has 1 aliphatic heterocycles. The van der Waals surface area contributed by atoms with Gasteiger partial charge in [0.1, 0.15) is 5.37 Å². The van der Waals surface area contributed by atoms with E-state index in [-0.39, 0.29) is 11.3 Å². The van der Waals surface area contributed by atoms with Gasteiger partial charge in [-0.2, -0.15) is 0 Å². The van der Waals surface area contributed by atoms with Crippen LogP contribution in [-0.4, -0.2) is 21.6 Å². The fourth-order valence-electron chi connectivity index (χ4n) is 2.36. The highest BCUT2D eigenvalue weighted by Gasteiger charge is 2.36. The van der Waals surface area contributed by atoms with Gasteiger partial charge >= 0.3 is 0 Å². The summed E-state index contributed by atoms with van der Waals surface area (Å²) < 4.78 is 0. The molecular weight excluding hydrogens is 306 g/mol. The first-order valence-corrected chi connectivity index (χ1v) is 7.99. The Morgan fingerprint density at radius 2 is 1.90 bits per heavy atom. The number of anilines is 1. The van der Waals surface area contributed by atoms with Crippen molar-refractivity contribution in [1.82, 2.24) is 9.97 Å². The van der Waals surface area contributed by atoms with Gasteiger partial charge in [-0.25, -0.2) is 9.97 Å². The van der Waals surface area contributed by atoms with Crippen molar-refractivity contribution < 1.29 is 4.79 Å². The molecule has 1 aromatic heterocycles. The molecule has 6 heteroatoms. The summed E-state index contributed by atoms with van der Waals surface area (Å²) in [6.07, 6.45) is 0. The highest BCUT2D eigenvalue weighted by Crippen LogP contribution is 2.42. The number of hydrogen-bond donors (Lipinski definition) is 0. The van der Waals surface area contributed by atoms with Crippen molar-refractivity contribution in [2.75, 3.05) is 10.7 Å². The lowest BCUT2D eigenvalue weighted by Gasteiger charge is -2.23. The fourth-order valence-corrected chi connectivity index (χ4v) is 3.85. The van der Waals surface area contributed by atoms with Crippen LogP contribution in [0.5, 0.6) is 0 Å². The summed E-state index contributed by atoms with van der Waals surface area (Å²) in [6.45, 7) is 3.80. The van der Waals surface area contributed by atoms with Gasteiger partial charge in [-0.05, 0) is 26.0 Å². The van der Waals surface area contributed by atoms with Crippen LogP contribution in [0.4, 0.5) is 5.95 Å². The number of carbonyl (C=O) groups is 1. The van der Waals surface area contributed by atoms with Crippen LogP contribution in [0.1, 0.15) is 22.3 Å². The number of amides is 1. The van der Waals surface area contributed by atoms with E-state index in [2.05, 4.69) is 9.97 Å². The molecule has 2 aromatic rings. The molecule has 0 aliphatic carbocycles. The average molecular weight is 320 g/mol. The maximum atomic E-state index is 12.3. The van der Waals surface area contributed by atoms with Crippen molar-refractivity contribution >= 4 is 35.2 Å². The minimum absolute atomic E-state index is 0.00918. The number of nitrogens with zero attached hydrogens (tertiary/aromatic N) is 3. The Hall–Kier alpha value is -1.59. The van der Waals surface area contributed by atoms with Gasteiger partial charge in [-0.15, -0.1) is 11.8 Å². The second kappa shape index (κ2) is 5.66.